The fourth-order valence-corrected chi connectivity index (χ4v) is 2.52. The average molecular weight is 293 g/mol. The van der Waals surface area contributed by atoms with Crippen molar-refractivity contribution in [2.45, 2.75) is 18.2 Å². The molecule has 0 saturated heterocycles. The van der Waals surface area contributed by atoms with Gasteiger partial charge in [0, 0.05) is 10.4 Å². The van der Waals surface area contributed by atoms with Gasteiger partial charge in [-0.05, 0) is 25.0 Å². The van der Waals surface area contributed by atoms with Gasteiger partial charge < -0.3 is 0 Å². The second kappa shape index (κ2) is 5.46. The van der Waals surface area contributed by atoms with Crippen LogP contribution in [0.5, 0.6) is 0 Å². The number of hydrogen-bond donors (Lipinski definition) is 0. The monoisotopic (exact) mass is 292 g/mol. The molecule has 0 radical (unpaired) electrons. The zero-order chi connectivity index (χ0) is 12.3. The smallest absolute Gasteiger partial charge is 0.127 e. The first-order valence-electron chi connectivity index (χ1n) is 5.61. The highest BCUT2D eigenvalue weighted by Gasteiger charge is 2.12. The molecule has 0 aliphatic heterocycles. The highest BCUT2D eigenvalue weighted by Crippen LogP contribution is 2.28. The van der Waals surface area contributed by atoms with Crippen LogP contribution in [0.3, 0.4) is 0 Å². The van der Waals surface area contributed by atoms with Crippen LogP contribution in [0.15, 0.2) is 48.5 Å². The maximum absolute atomic E-state index is 13.6. The highest BCUT2D eigenvalue weighted by molar-refractivity contribution is 9.09. The van der Waals surface area contributed by atoms with Crippen molar-refractivity contribution in [3.8, 4) is 0 Å². The Morgan fingerprint density at radius 2 is 1.71 bits per heavy atom. The Balaban J connectivity index is 2.14. The van der Waals surface area contributed by atoms with Crippen molar-refractivity contribution in [2.24, 2.45) is 0 Å². The lowest BCUT2D eigenvalue weighted by Crippen LogP contribution is -1.98. The molecule has 0 saturated carbocycles. The summed E-state index contributed by atoms with van der Waals surface area (Å²) in [5, 5.41) is 0. The molecule has 0 amide bonds. The Morgan fingerprint density at radius 1 is 1.06 bits per heavy atom. The predicted molar refractivity (Wildman–Crippen MR) is 73.0 cm³/mol. The van der Waals surface area contributed by atoms with Gasteiger partial charge in [0.25, 0.3) is 0 Å². The first-order valence-corrected chi connectivity index (χ1v) is 6.52. The molecule has 0 aliphatic rings. The molecule has 2 rings (SSSR count). The standard InChI is InChI=1S/C15H14BrF/c1-11-6-8-12(9-7-11)10-14(16)13-4-2-3-5-15(13)17/h2-9,14H,10H2,1H3. The maximum atomic E-state index is 13.6. The van der Waals surface area contributed by atoms with Crippen molar-refractivity contribution >= 4 is 15.9 Å². The summed E-state index contributed by atoms with van der Waals surface area (Å²) >= 11 is 3.55. The van der Waals surface area contributed by atoms with E-state index >= 15 is 0 Å². The normalized spacial score (nSPS) is 12.4. The third-order valence-electron chi connectivity index (χ3n) is 2.78. The number of halogens is 2. The van der Waals surface area contributed by atoms with Gasteiger partial charge in [-0.15, -0.1) is 0 Å². The molecule has 0 N–H and O–H groups in total. The van der Waals surface area contributed by atoms with Gasteiger partial charge in [-0.3, -0.25) is 0 Å². The van der Waals surface area contributed by atoms with E-state index in [0.29, 0.717) is 5.56 Å². The van der Waals surface area contributed by atoms with Crippen molar-refractivity contribution < 1.29 is 4.39 Å². The Hall–Kier alpha value is -1.15. The summed E-state index contributed by atoms with van der Waals surface area (Å²) < 4.78 is 13.6. The summed E-state index contributed by atoms with van der Waals surface area (Å²) in [4.78, 5) is 0.0198. The van der Waals surface area contributed by atoms with Gasteiger partial charge in [0.15, 0.2) is 0 Å². The van der Waals surface area contributed by atoms with Crippen LogP contribution in [0.1, 0.15) is 21.5 Å². The molecule has 88 valence electrons. The molecule has 1 unspecified atom stereocenters. The Bertz CT molecular complexity index is 491. The zero-order valence-corrected chi connectivity index (χ0v) is 11.2. The van der Waals surface area contributed by atoms with Crippen molar-refractivity contribution in [3.63, 3.8) is 0 Å². The maximum Gasteiger partial charge on any atom is 0.127 e. The molecule has 0 nitrogen and oxygen atoms in total. The van der Waals surface area contributed by atoms with E-state index < -0.39 is 0 Å². The quantitative estimate of drug-likeness (QED) is 0.712. The van der Waals surface area contributed by atoms with E-state index in [4.69, 9.17) is 0 Å². The summed E-state index contributed by atoms with van der Waals surface area (Å²) in [5.41, 5.74) is 3.17. The van der Waals surface area contributed by atoms with E-state index in [2.05, 4.69) is 47.1 Å². The summed E-state index contributed by atoms with van der Waals surface area (Å²) in [6, 6.07) is 15.2. The van der Waals surface area contributed by atoms with Crippen LogP contribution in [-0.4, -0.2) is 0 Å². The van der Waals surface area contributed by atoms with Crippen LogP contribution < -0.4 is 0 Å². The molecule has 2 aromatic rings. The largest absolute Gasteiger partial charge is 0.207 e. The molecule has 0 fully saturated rings. The number of benzene rings is 2. The van der Waals surface area contributed by atoms with Crippen molar-refractivity contribution in [1.82, 2.24) is 0 Å². The van der Waals surface area contributed by atoms with Crippen LogP contribution in [0.4, 0.5) is 4.39 Å². The van der Waals surface area contributed by atoms with E-state index in [1.165, 1.54) is 17.2 Å². The van der Waals surface area contributed by atoms with Gasteiger partial charge in [0.2, 0.25) is 0 Å². The van der Waals surface area contributed by atoms with Crippen LogP contribution >= 0.6 is 15.9 Å². The SMILES string of the molecule is Cc1ccc(CC(Br)c2ccccc2F)cc1. The van der Waals surface area contributed by atoms with E-state index in [0.717, 1.165) is 6.42 Å². The van der Waals surface area contributed by atoms with Gasteiger partial charge in [-0.1, -0.05) is 64.0 Å². The van der Waals surface area contributed by atoms with Crippen LogP contribution in [0.2, 0.25) is 0 Å². The molecule has 2 aromatic carbocycles. The fourth-order valence-electron chi connectivity index (χ4n) is 1.77. The number of rotatable bonds is 3. The van der Waals surface area contributed by atoms with E-state index in [1.807, 2.05) is 12.1 Å². The Kier molecular flexibility index (Phi) is 3.95. The molecule has 0 bridgehead atoms. The Morgan fingerprint density at radius 3 is 2.35 bits per heavy atom. The van der Waals surface area contributed by atoms with Crippen molar-refractivity contribution in [2.75, 3.05) is 0 Å². The number of aryl methyl sites for hydroxylation is 1. The summed E-state index contributed by atoms with van der Waals surface area (Å²) in [7, 11) is 0. The summed E-state index contributed by atoms with van der Waals surface area (Å²) in [6.45, 7) is 2.06. The van der Waals surface area contributed by atoms with E-state index in [-0.39, 0.29) is 10.6 Å². The summed E-state index contributed by atoms with van der Waals surface area (Å²) in [5.74, 6) is -0.151. The minimum Gasteiger partial charge on any atom is -0.207 e. The summed E-state index contributed by atoms with van der Waals surface area (Å²) in [6.07, 6.45) is 0.793. The van der Waals surface area contributed by atoms with E-state index in [9.17, 15) is 4.39 Å². The average Bonchev–Trinajstić information content (AvgIpc) is 2.32. The van der Waals surface area contributed by atoms with Gasteiger partial charge in [0.05, 0.1) is 0 Å². The topological polar surface area (TPSA) is 0 Å². The first kappa shape index (κ1) is 12.3. The molecule has 0 aromatic heterocycles. The molecule has 1 atom stereocenters. The van der Waals surface area contributed by atoms with Crippen molar-refractivity contribution in [3.05, 3.63) is 71.0 Å². The molecular weight excluding hydrogens is 279 g/mol. The van der Waals surface area contributed by atoms with Crippen molar-refractivity contribution in [1.29, 1.82) is 0 Å². The second-order valence-electron chi connectivity index (χ2n) is 4.18. The second-order valence-corrected chi connectivity index (χ2v) is 5.28. The highest BCUT2D eigenvalue weighted by atomic mass is 79.9. The minimum atomic E-state index is -0.151. The van der Waals surface area contributed by atoms with Crippen LogP contribution in [0.25, 0.3) is 0 Å². The molecule has 0 spiro atoms. The predicted octanol–water partition coefficient (Wildman–Crippen LogP) is 4.81. The molecular formula is C15H14BrF. The van der Waals surface area contributed by atoms with E-state index in [1.54, 1.807) is 6.07 Å². The molecule has 2 heteroatoms. The molecule has 0 heterocycles. The fraction of sp³-hybridized carbons (Fsp3) is 0.200. The first-order chi connectivity index (χ1) is 8.16. The lowest BCUT2D eigenvalue weighted by molar-refractivity contribution is 0.608. The van der Waals surface area contributed by atoms with Crippen LogP contribution in [0, 0.1) is 12.7 Å². The zero-order valence-electron chi connectivity index (χ0n) is 9.66. The van der Waals surface area contributed by atoms with Gasteiger partial charge in [0.1, 0.15) is 5.82 Å². The van der Waals surface area contributed by atoms with Gasteiger partial charge in [-0.25, -0.2) is 4.39 Å². The van der Waals surface area contributed by atoms with Gasteiger partial charge >= 0.3 is 0 Å². The Labute approximate surface area is 110 Å². The van der Waals surface area contributed by atoms with Gasteiger partial charge in [-0.2, -0.15) is 0 Å². The third kappa shape index (κ3) is 3.16. The lowest BCUT2D eigenvalue weighted by atomic mass is 10.0. The number of hydrogen-bond acceptors (Lipinski definition) is 0. The third-order valence-corrected chi connectivity index (χ3v) is 3.60. The minimum absolute atomic E-state index is 0.0198. The lowest BCUT2D eigenvalue weighted by Gasteiger charge is -2.11. The molecule has 17 heavy (non-hydrogen) atoms. The van der Waals surface area contributed by atoms with Crippen LogP contribution in [-0.2, 0) is 6.42 Å². The molecule has 0 aliphatic carbocycles. The number of alkyl halides is 1.